The Hall–Kier alpha value is -1.79. The van der Waals surface area contributed by atoms with Crippen molar-refractivity contribution in [2.75, 3.05) is 23.7 Å². The quantitative estimate of drug-likeness (QED) is 0.685. The van der Waals surface area contributed by atoms with Crippen LogP contribution in [0.1, 0.15) is 28.8 Å². The zero-order chi connectivity index (χ0) is 19.0. The van der Waals surface area contributed by atoms with Crippen LogP contribution in [-0.2, 0) is 4.79 Å². The minimum Gasteiger partial charge on any atom is -0.338 e. The third kappa shape index (κ3) is 3.52. The molecule has 4 nitrogen and oxygen atoms in total. The van der Waals surface area contributed by atoms with E-state index in [9.17, 15) is 9.59 Å². The van der Waals surface area contributed by atoms with Gasteiger partial charge in [-0.1, -0.05) is 34.1 Å². The summed E-state index contributed by atoms with van der Waals surface area (Å²) in [6, 6.07) is 15.6. The number of nitrogens with zero attached hydrogens (tertiary/aromatic N) is 2. The molecule has 2 fully saturated rings. The maximum absolute atomic E-state index is 12.8. The van der Waals surface area contributed by atoms with E-state index in [1.807, 2.05) is 59.2 Å². The van der Waals surface area contributed by atoms with E-state index in [1.165, 1.54) is 0 Å². The smallest absolute Gasteiger partial charge is 0.253 e. The molecule has 27 heavy (non-hydrogen) atoms. The number of hydrogen-bond acceptors (Lipinski definition) is 3. The average Bonchev–Trinajstić information content (AvgIpc) is 2.97. The molecule has 2 aliphatic heterocycles. The molecule has 0 bridgehead atoms. The van der Waals surface area contributed by atoms with Crippen molar-refractivity contribution in [1.82, 2.24) is 4.90 Å². The molecule has 6 heteroatoms. The molecule has 0 radical (unpaired) electrons. The van der Waals surface area contributed by atoms with E-state index in [1.54, 1.807) is 11.8 Å². The van der Waals surface area contributed by atoms with Crippen molar-refractivity contribution < 1.29 is 9.59 Å². The van der Waals surface area contributed by atoms with Crippen LogP contribution < -0.4 is 4.90 Å². The van der Waals surface area contributed by atoms with Crippen molar-refractivity contribution in [3.05, 3.63) is 64.1 Å². The van der Waals surface area contributed by atoms with Crippen molar-refractivity contribution in [2.45, 2.75) is 24.6 Å². The summed E-state index contributed by atoms with van der Waals surface area (Å²) in [5, 5.41) is 0. The van der Waals surface area contributed by atoms with Crippen molar-refractivity contribution in [2.24, 2.45) is 0 Å². The molecule has 0 aromatic heterocycles. The third-order valence-corrected chi connectivity index (χ3v) is 7.30. The summed E-state index contributed by atoms with van der Waals surface area (Å²) >= 11 is 5.16. The van der Waals surface area contributed by atoms with Gasteiger partial charge in [-0.25, -0.2) is 0 Å². The number of amides is 2. The maximum atomic E-state index is 12.8. The predicted molar refractivity (Wildman–Crippen MR) is 113 cm³/mol. The fraction of sp³-hybridized carbons (Fsp3) is 0.333. The number of thioether (sulfide) groups is 1. The van der Waals surface area contributed by atoms with E-state index >= 15 is 0 Å². The van der Waals surface area contributed by atoms with Gasteiger partial charge in [0.25, 0.3) is 5.91 Å². The van der Waals surface area contributed by atoms with Crippen LogP contribution in [0.2, 0.25) is 0 Å². The monoisotopic (exact) mass is 444 g/mol. The second kappa shape index (κ2) is 7.32. The molecule has 2 aliphatic rings. The summed E-state index contributed by atoms with van der Waals surface area (Å²) in [5.74, 6) is 0.730. The van der Waals surface area contributed by atoms with E-state index in [0.717, 1.165) is 28.6 Å². The van der Waals surface area contributed by atoms with Crippen LogP contribution in [0.15, 0.2) is 53.0 Å². The van der Waals surface area contributed by atoms with Gasteiger partial charge in [0, 0.05) is 28.8 Å². The number of aryl methyl sites for hydroxylation is 1. The summed E-state index contributed by atoms with van der Waals surface area (Å²) in [6.45, 7) is 3.37. The first-order chi connectivity index (χ1) is 13.0. The van der Waals surface area contributed by atoms with Crippen molar-refractivity contribution in [1.29, 1.82) is 0 Å². The number of halogens is 1. The molecule has 0 saturated carbocycles. The highest BCUT2D eigenvalue weighted by Gasteiger charge is 2.49. The maximum Gasteiger partial charge on any atom is 0.253 e. The Morgan fingerprint density at radius 3 is 2.56 bits per heavy atom. The molecule has 4 rings (SSSR count). The lowest BCUT2D eigenvalue weighted by Gasteiger charge is -2.44. The number of benzene rings is 2. The van der Waals surface area contributed by atoms with E-state index in [2.05, 4.69) is 22.0 Å². The number of piperidine rings is 1. The fourth-order valence-electron chi connectivity index (χ4n) is 3.93. The summed E-state index contributed by atoms with van der Waals surface area (Å²) in [7, 11) is 0. The van der Waals surface area contributed by atoms with Gasteiger partial charge in [-0.05, 0) is 55.7 Å². The highest BCUT2D eigenvalue weighted by molar-refractivity contribution is 9.10. The van der Waals surface area contributed by atoms with Crippen LogP contribution in [0.25, 0.3) is 0 Å². The van der Waals surface area contributed by atoms with E-state index in [4.69, 9.17) is 0 Å². The fourth-order valence-corrected chi connectivity index (χ4v) is 5.66. The Kier molecular flexibility index (Phi) is 5.03. The number of anilines is 1. The first-order valence-electron chi connectivity index (χ1n) is 9.07. The van der Waals surface area contributed by atoms with Crippen molar-refractivity contribution in [3.8, 4) is 0 Å². The van der Waals surface area contributed by atoms with E-state index < -0.39 is 0 Å². The lowest BCUT2D eigenvalue weighted by atomic mass is 10.00. The van der Waals surface area contributed by atoms with Gasteiger partial charge in [0.2, 0.25) is 5.91 Å². The Bertz CT molecular complexity index is 893. The standard InChI is InChI=1S/C21H21BrN2O2S/c1-15-4-2-7-18(12-15)24-19(25)14-27-21(24)8-10-23(11-9-21)20(26)16-5-3-6-17(22)13-16/h2-7,12-13H,8-11,14H2,1H3. The van der Waals surface area contributed by atoms with Crippen LogP contribution >= 0.6 is 27.7 Å². The molecule has 2 saturated heterocycles. The average molecular weight is 445 g/mol. The molecule has 2 aromatic carbocycles. The second-order valence-electron chi connectivity index (χ2n) is 7.11. The molecule has 0 N–H and O–H groups in total. The zero-order valence-corrected chi connectivity index (χ0v) is 17.6. The highest BCUT2D eigenvalue weighted by Crippen LogP contribution is 2.47. The van der Waals surface area contributed by atoms with E-state index in [0.29, 0.717) is 24.4 Å². The van der Waals surface area contributed by atoms with Gasteiger partial charge in [0.15, 0.2) is 0 Å². The predicted octanol–water partition coefficient (Wildman–Crippen LogP) is 4.47. The molecular formula is C21H21BrN2O2S. The molecule has 1 spiro atoms. The number of carbonyl (C=O) groups is 2. The van der Waals surface area contributed by atoms with Gasteiger partial charge in [-0.15, -0.1) is 11.8 Å². The zero-order valence-electron chi connectivity index (χ0n) is 15.2. The van der Waals surface area contributed by atoms with Gasteiger partial charge in [-0.2, -0.15) is 0 Å². The van der Waals surface area contributed by atoms with Crippen molar-refractivity contribution in [3.63, 3.8) is 0 Å². The lowest BCUT2D eigenvalue weighted by Crippen LogP contribution is -2.53. The molecule has 140 valence electrons. The SMILES string of the molecule is Cc1cccc(N2C(=O)CSC23CCN(C(=O)c2cccc(Br)c2)CC3)c1. The number of rotatable bonds is 2. The first-order valence-corrected chi connectivity index (χ1v) is 10.8. The summed E-state index contributed by atoms with van der Waals surface area (Å²) in [6.07, 6.45) is 1.58. The summed E-state index contributed by atoms with van der Waals surface area (Å²) in [5.41, 5.74) is 2.82. The Morgan fingerprint density at radius 1 is 1.11 bits per heavy atom. The van der Waals surface area contributed by atoms with Crippen molar-refractivity contribution >= 4 is 45.2 Å². The minimum absolute atomic E-state index is 0.0579. The Morgan fingerprint density at radius 2 is 1.85 bits per heavy atom. The van der Waals surface area contributed by atoms with Gasteiger partial charge in [-0.3, -0.25) is 14.5 Å². The van der Waals surface area contributed by atoms with Gasteiger partial charge in [0.1, 0.15) is 0 Å². The molecule has 0 unspecified atom stereocenters. The van der Waals surface area contributed by atoms with Crippen LogP contribution in [0.4, 0.5) is 5.69 Å². The Labute approximate surface area is 172 Å². The lowest BCUT2D eigenvalue weighted by molar-refractivity contribution is -0.116. The second-order valence-corrected chi connectivity index (χ2v) is 9.36. The number of hydrogen-bond donors (Lipinski definition) is 0. The normalized spacial score (nSPS) is 19.0. The first kappa shape index (κ1) is 18.6. The Balaban J connectivity index is 1.53. The molecule has 2 heterocycles. The van der Waals surface area contributed by atoms with E-state index in [-0.39, 0.29) is 16.7 Å². The molecule has 2 aromatic rings. The molecular weight excluding hydrogens is 424 g/mol. The topological polar surface area (TPSA) is 40.6 Å². The molecule has 0 aliphatic carbocycles. The van der Waals surface area contributed by atoms with Gasteiger partial charge < -0.3 is 4.90 Å². The van der Waals surface area contributed by atoms with Gasteiger partial charge >= 0.3 is 0 Å². The van der Waals surface area contributed by atoms with Crippen LogP contribution in [0.5, 0.6) is 0 Å². The largest absolute Gasteiger partial charge is 0.338 e. The number of likely N-dealkylation sites (tertiary alicyclic amines) is 1. The van der Waals surface area contributed by atoms with Gasteiger partial charge in [0.05, 0.1) is 10.6 Å². The molecule has 2 amide bonds. The van der Waals surface area contributed by atoms with Crippen LogP contribution in [0, 0.1) is 6.92 Å². The minimum atomic E-state index is -0.237. The van der Waals surface area contributed by atoms with Crippen LogP contribution in [0.3, 0.4) is 0 Å². The van der Waals surface area contributed by atoms with Crippen LogP contribution in [-0.4, -0.2) is 40.4 Å². The highest BCUT2D eigenvalue weighted by atomic mass is 79.9. The molecule has 0 atom stereocenters. The third-order valence-electron chi connectivity index (χ3n) is 5.28. The summed E-state index contributed by atoms with van der Waals surface area (Å²) < 4.78 is 0.907. The number of carbonyl (C=O) groups excluding carboxylic acids is 2. The summed E-state index contributed by atoms with van der Waals surface area (Å²) in [4.78, 5) is 29.1.